The number of benzene rings is 18. The van der Waals surface area contributed by atoms with Crippen molar-refractivity contribution in [2.24, 2.45) is 0 Å². The van der Waals surface area contributed by atoms with Gasteiger partial charge in [-0.2, -0.15) is 0 Å². The van der Waals surface area contributed by atoms with Crippen molar-refractivity contribution in [3.8, 4) is 112 Å². The minimum atomic E-state index is -0.359. The average Bonchev–Trinajstić information content (AvgIpc) is 1.61. The Morgan fingerprint density at radius 3 is 0.652 bits per heavy atom. The van der Waals surface area contributed by atoms with Crippen LogP contribution in [0, 0.1) is 0 Å². The topological polar surface area (TPSA) is 16.3 Å². The van der Waals surface area contributed by atoms with Crippen molar-refractivity contribution in [2.45, 2.75) is 19.3 Å². The lowest BCUT2D eigenvalue weighted by atomic mass is 9.82. The third-order valence-electron chi connectivity index (χ3n) is 23.7. The van der Waals surface area contributed by atoms with Gasteiger partial charge in [0.05, 0.1) is 22.1 Å². The molecule has 4 heteroatoms. The molecule has 0 saturated carbocycles. The molecule has 0 N–H and O–H groups in total. The Kier molecular flexibility index (Phi) is 16.9. The summed E-state index contributed by atoms with van der Waals surface area (Å²) in [6, 6.07) is 161. The molecule has 0 saturated heterocycles. The Labute approximate surface area is 670 Å². The van der Waals surface area contributed by atoms with Crippen molar-refractivity contribution in [2.75, 3.05) is 9.80 Å². The van der Waals surface area contributed by atoms with E-state index in [0.717, 1.165) is 67.6 Å². The molecule has 115 heavy (non-hydrogen) atoms. The number of fused-ring (bicyclic) bond motifs is 9. The lowest BCUT2D eigenvalue weighted by Crippen LogP contribution is -2.17. The maximum atomic E-state index is 2.45. The van der Waals surface area contributed by atoms with Crippen LogP contribution in [0.3, 0.4) is 0 Å². The fraction of sp³-hybridized carbons (Fsp3) is 0.0270. The molecule has 2 heterocycles. The number of hydrogen-bond donors (Lipinski definition) is 0. The van der Waals surface area contributed by atoms with E-state index in [1.807, 2.05) is 0 Å². The van der Waals surface area contributed by atoms with E-state index < -0.39 is 0 Å². The molecule has 0 spiro atoms. The minimum absolute atomic E-state index is 0.359. The average molecular weight is 1470 g/mol. The van der Waals surface area contributed by atoms with E-state index in [2.05, 4.69) is 470 Å². The Balaban J connectivity index is 0.631. The summed E-state index contributed by atoms with van der Waals surface area (Å²) in [6.07, 6.45) is 0. The van der Waals surface area contributed by atoms with Gasteiger partial charge < -0.3 is 18.9 Å². The van der Waals surface area contributed by atoms with Gasteiger partial charge in [0.2, 0.25) is 0 Å². The fourth-order valence-electron chi connectivity index (χ4n) is 18.2. The molecular weight excluding hydrogens is 1390 g/mol. The summed E-state index contributed by atoms with van der Waals surface area (Å²) in [7, 11) is 0. The zero-order chi connectivity index (χ0) is 76.5. The van der Waals surface area contributed by atoms with E-state index in [-0.39, 0.29) is 5.41 Å². The van der Waals surface area contributed by atoms with Crippen molar-refractivity contribution in [1.82, 2.24) is 9.13 Å². The van der Waals surface area contributed by atoms with Crippen LogP contribution in [-0.4, -0.2) is 9.13 Å². The summed E-state index contributed by atoms with van der Waals surface area (Å²) in [5, 5.41) is 4.79. The zero-order valence-corrected chi connectivity index (χ0v) is 63.9. The lowest BCUT2D eigenvalue weighted by Gasteiger charge is -2.29. The number of rotatable bonds is 16. The maximum absolute atomic E-state index is 2.45. The highest BCUT2D eigenvalue weighted by molar-refractivity contribution is 6.14. The molecular formula is C111H78N4. The summed E-state index contributed by atoms with van der Waals surface area (Å²) in [5.41, 5.74) is 37.2. The second-order valence-electron chi connectivity index (χ2n) is 30.7. The first-order valence-electron chi connectivity index (χ1n) is 39.8. The number of anilines is 6. The lowest BCUT2D eigenvalue weighted by molar-refractivity contribution is 0.660. The van der Waals surface area contributed by atoms with Crippen molar-refractivity contribution in [3.05, 3.63) is 448 Å². The summed E-state index contributed by atoms with van der Waals surface area (Å²) < 4.78 is 4.91. The molecule has 2 aromatic heterocycles. The molecule has 0 radical (unpaired) electrons. The third-order valence-corrected chi connectivity index (χ3v) is 23.7. The normalized spacial score (nSPS) is 12.2. The first kappa shape index (κ1) is 68.2. The molecule has 0 atom stereocenters. The second kappa shape index (κ2) is 28.5. The quantitative estimate of drug-likeness (QED) is 0.0959. The van der Waals surface area contributed by atoms with E-state index in [0.29, 0.717) is 0 Å². The molecule has 542 valence electrons. The van der Waals surface area contributed by atoms with Gasteiger partial charge in [-0.3, -0.25) is 0 Å². The molecule has 18 aromatic carbocycles. The van der Waals surface area contributed by atoms with Crippen LogP contribution in [0.25, 0.3) is 155 Å². The fourth-order valence-corrected chi connectivity index (χ4v) is 18.2. The van der Waals surface area contributed by atoms with Gasteiger partial charge in [-0.25, -0.2) is 0 Å². The number of para-hydroxylation sites is 2. The van der Waals surface area contributed by atoms with Crippen LogP contribution in [0.2, 0.25) is 0 Å². The highest BCUT2D eigenvalue weighted by Crippen LogP contribution is 2.54. The van der Waals surface area contributed by atoms with Crippen molar-refractivity contribution >= 4 is 77.7 Å². The Hall–Kier alpha value is -14.8. The molecule has 0 fully saturated rings. The van der Waals surface area contributed by atoms with E-state index in [9.17, 15) is 0 Å². The van der Waals surface area contributed by atoms with Gasteiger partial charge in [-0.15, -0.1) is 0 Å². The van der Waals surface area contributed by atoms with Crippen molar-refractivity contribution < 1.29 is 0 Å². The van der Waals surface area contributed by atoms with E-state index in [1.165, 1.54) is 133 Å². The van der Waals surface area contributed by atoms with Crippen molar-refractivity contribution in [3.63, 3.8) is 0 Å². The monoisotopic (exact) mass is 1470 g/mol. The van der Waals surface area contributed by atoms with Gasteiger partial charge in [0.15, 0.2) is 0 Å². The molecule has 1 aliphatic carbocycles. The number of hydrogen-bond acceptors (Lipinski definition) is 2. The summed E-state index contributed by atoms with van der Waals surface area (Å²) >= 11 is 0. The molecule has 0 unspecified atom stereocenters. The van der Waals surface area contributed by atoms with Crippen LogP contribution < -0.4 is 9.80 Å². The Morgan fingerprint density at radius 1 is 0.174 bits per heavy atom. The molecule has 0 aliphatic heterocycles. The minimum Gasteiger partial charge on any atom is -0.310 e. The molecule has 20 aromatic rings. The smallest absolute Gasteiger partial charge is 0.0541 e. The third kappa shape index (κ3) is 12.0. The van der Waals surface area contributed by atoms with Gasteiger partial charge in [-0.1, -0.05) is 305 Å². The largest absolute Gasteiger partial charge is 0.310 e. The van der Waals surface area contributed by atoms with Crippen molar-refractivity contribution in [1.29, 1.82) is 0 Å². The van der Waals surface area contributed by atoms with Gasteiger partial charge in [-0.05, 0) is 257 Å². The van der Waals surface area contributed by atoms with E-state index >= 15 is 0 Å². The van der Waals surface area contributed by atoms with Crippen LogP contribution in [-0.2, 0) is 5.41 Å². The summed E-state index contributed by atoms with van der Waals surface area (Å²) in [5.74, 6) is 0. The van der Waals surface area contributed by atoms with Crippen LogP contribution in [0.15, 0.2) is 437 Å². The maximum Gasteiger partial charge on any atom is 0.0541 e. The SMILES string of the molecule is CC1(C)c2cc(N(c3ccccc3)c3ccc(-n4c5ccc(-c6ccccc6-c6ccccc6)cc5c5cc(-c6ccccc6-c6ccccc6)ccc54)cc3)ccc2-c2ccc(N(c3ccccc3)c3ccc(-n4c5ccc(-c6ccccc6-c6ccccc6)cc5c5cc(-c6ccccc6-c6ccccc6)ccc54)cc3)cc21. The highest BCUT2D eigenvalue weighted by Gasteiger charge is 2.37. The first-order valence-corrected chi connectivity index (χ1v) is 39.8. The Morgan fingerprint density at radius 2 is 0.391 bits per heavy atom. The van der Waals surface area contributed by atoms with Crippen LogP contribution in [0.4, 0.5) is 34.1 Å². The number of nitrogens with zero attached hydrogens (tertiary/aromatic N) is 4. The predicted molar refractivity (Wildman–Crippen MR) is 486 cm³/mol. The van der Waals surface area contributed by atoms with Gasteiger partial charge in [0.25, 0.3) is 0 Å². The molecule has 4 nitrogen and oxygen atoms in total. The zero-order valence-electron chi connectivity index (χ0n) is 63.9. The summed E-state index contributed by atoms with van der Waals surface area (Å²) in [4.78, 5) is 4.83. The molecule has 1 aliphatic rings. The van der Waals surface area contributed by atoms with E-state index in [1.54, 1.807) is 0 Å². The van der Waals surface area contributed by atoms with Crippen LogP contribution in [0.1, 0.15) is 25.0 Å². The van der Waals surface area contributed by atoms with Crippen LogP contribution >= 0.6 is 0 Å². The van der Waals surface area contributed by atoms with E-state index in [4.69, 9.17) is 0 Å². The Bertz CT molecular complexity index is 6360. The van der Waals surface area contributed by atoms with Gasteiger partial charge in [0, 0.05) is 72.5 Å². The predicted octanol–water partition coefficient (Wildman–Crippen LogP) is 30.5. The molecule has 21 rings (SSSR count). The van der Waals surface area contributed by atoms with Gasteiger partial charge >= 0.3 is 0 Å². The molecule has 0 amide bonds. The standard InChI is InChI=1S/C111H78N4/c1-111(2)105-73-89(112(83-37-17-7-18-38-83)85-53-57-87(58-54-85)114-107-65-49-79(95-45-25-21-41-91(95)75-29-9-3-10-30-75)69-101(107)102-70-80(50-66-108(102)114)96-46-26-22-42-92(96)76-31-11-4-12-32-76)61-63-99(105)100-64-62-90(74-106(100)111)113(84-39-19-8-20-40-84)86-55-59-88(60-56-86)115-109-67-51-81(97-47-27-23-43-93(97)77-33-13-5-14-34-77)71-103(109)104-72-82(52-68-110(104)115)98-48-28-24-44-94(98)78-35-15-6-16-36-78/h3-74H,1-2H3. The van der Waals surface area contributed by atoms with Gasteiger partial charge in [0.1, 0.15) is 0 Å². The molecule has 0 bridgehead atoms. The number of aromatic nitrogens is 2. The summed E-state index contributed by atoms with van der Waals surface area (Å²) in [6.45, 7) is 4.80. The van der Waals surface area contributed by atoms with Crippen LogP contribution in [0.5, 0.6) is 0 Å². The second-order valence-corrected chi connectivity index (χ2v) is 30.7. The highest BCUT2D eigenvalue weighted by atomic mass is 15.2. The first-order chi connectivity index (χ1) is 56.8.